The number of hydrogen-bond donors (Lipinski definition) is 1. The summed E-state index contributed by atoms with van der Waals surface area (Å²) in [6.07, 6.45) is -0.348. The molecule has 0 aromatic heterocycles. The zero-order valence-electron chi connectivity index (χ0n) is 6.22. The number of hydrogen-bond acceptors (Lipinski definition) is 2. The van der Waals surface area contributed by atoms with Crippen LogP contribution in [0, 0.1) is 0 Å². The molecule has 1 aliphatic rings. The molecule has 0 aliphatic heterocycles. The van der Waals surface area contributed by atoms with Crippen molar-refractivity contribution in [1.29, 1.82) is 0 Å². The number of ether oxygens (including phenoxy) is 1. The fourth-order valence-corrected chi connectivity index (χ4v) is 0.829. The second-order valence-corrected chi connectivity index (χ2v) is 2.94. The van der Waals surface area contributed by atoms with Gasteiger partial charge in [0.2, 0.25) is 0 Å². The van der Waals surface area contributed by atoms with Crippen molar-refractivity contribution in [2.24, 2.45) is 0 Å². The maximum absolute atomic E-state index is 11.5. The molecule has 0 radical (unpaired) electrons. The highest BCUT2D eigenvalue weighted by atomic mass is 19.3. The van der Waals surface area contributed by atoms with E-state index < -0.39 is 18.6 Å². The van der Waals surface area contributed by atoms with Crippen molar-refractivity contribution in [2.75, 3.05) is 13.2 Å². The SMILES string of the molecule is OC1(CCOCC(F)F)CC1. The van der Waals surface area contributed by atoms with Crippen molar-refractivity contribution in [2.45, 2.75) is 31.3 Å². The van der Waals surface area contributed by atoms with Gasteiger partial charge >= 0.3 is 0 Å². The van der Waals surface area contributed by atoms with Crippen LogP contribution in [0.25, 0.3) is 0 Å². The molecule has 0 aromatic carbocycles. The average molecular weight is 166 g/mol. The standard InChI is InChI=1S/C7H12F2O2/c8-6(9)5-11-4-3-7(10)1-2-7/h6,10H,1-5H2. The summed E-state index contributed by atoms with van der Waals surface area (Å²) < 4.78 is 27.6. The van der Waals surface area contributed by atoms with Crippen LogP contribution in [0.5, 0.6) is 0 Å². The lowest BCUT2D eigenvalue weighted by Crippen LogP contribution is -2.13. The van der Waals surface area contributed by atoms with Gasteiger partial charge in [0.05, 0.1) is 5.60 Å². The van der Waals surface area contributed by atoms with Crippen LogP contribution in [0.4, 0.5) is 8.78 Å². The van der Waals surface area contributed by atoms with Crippen molar-refractivity contribution < 1.29 is 18.6 Å². The van der Waals surface area contributed by atoms with Gasteiger partial charge in [0, 0.05) is 6.61 Å². The first-order chi connectivity index (χ1) is 5.12. The number of halogens is 2. The second kappa shape index (κ2) is 3.45. The van der Waals surface area contributed by atoms with Gasteiger partial charge in [-0.2, -0.15) is 0 Å². The molecule has 2 nitrogen and oxygen atoms in total. The molecule has 1 rings (SSSR count). The van der Waals surface area contributed by atoms with Gasteiger partial charge in [0.15, 0.2) is 0 Å². The highest BCUT2D eigenvalue weighted by Gasteiger charge is 2.39. The molecular formula is C7H12F2O2. The summed E-state index contributed by atoms with van der Waals surface area (Å²) in [4.78, 5) is 0. The van der Waals surface area contributed by atoms with Crippen molar-refractivity contribution in [1.82, 2.24) is 0 Å². The van der Waals surface area contributed by atoms with Gasteiger partial charge in [-0.3, -0.25) is 0 Å². The Kier molecular flexibility index (Phi) is 2.78. The molecule has 0 atom stereocenters. The lowest BCUT2D eigenvalue weighted by molar-refractivity contribution is 0.00143. The average Bonchev–Trinajstić information content (AvgIpc) is 2.62. The normalized spacial score (nSPS) is 20.7. The van der Waals surface area contributed by atoms with Crippen LogP contribution in [-0.2, 0) is 4.74 Å². The third-order valence-electron chi connectivity index (χ3n) is 1.78. The molecule has 0 saturated heterocycles. The summed E-state index contributed by atoms with van der Waals surface area (Å²) in [5.41, 5.74) is -0.581. The molecule has 0 heterocycles. The molecule has 66 valence electrons. The zero-order chi connectivity index (χ0) is 8.32. The Morgan fingerprint density at radius 3 is 2.55 bits per heavy atom. The van der Waals surface area contributed by atoms with E-state index in [1.165, 1.54) is 0 Å². The first-order valence-electron chi connectivity index (χ1n) is 3.71. The Balaban J connectivity index is 1.88. The Bertz CT molecular complexity index is 124. The van der Waals surface area contributed by atoms with E-state index in [0.717, 1.165) is 12.8 Å². The summed E-state index contributed by atoms with van der Waals surface area (Å²) in [5, 5.41) is 9.23. The van der Waals surface area contributed by atoms with E-state index in [0.29, 0.717) is 6.42 Å². The Labute approximate surface area is 64.2 Å². The maximum Gasteiger partial charge on any atom is 0.261 e. The first-order valence-corrected chi connectivity index (χ1v) is 3.71. The van der Waals surface area contributed by atoms with Gasteiger partial charge in [-0.15, -0.1) is 0 Å². The molecule has 1 saturated carbocycles. The zero-order valence-corrected chi connectivity index (χ0v) is 6.22. The fraction of sp³-hybridized carbons (Fsp3) is 1.00. The van der Waals surface area contributed by atoms with Gasteiger partial charge in [-0.25, -0.2) is 8.78 Å². The van der Waals surface area contributed by atoms with Crippen LogP contribution in [0.1, 0.15) is 19.3 Å². The highest BCUT2D eigenvalue weighted by Crippen LogP contribution is 2.38. The summed E-state index contributed by atoms with van der Waals surface area (Å²) in [5.74, 6) is 0. The van der Waals surface area contributed by atoms with E-state index in [2.05, 4.69) is 4.74 Å². The lowest BCUT2D eigenvalue weighted by atomic mass is 10.2. The van der Waals surface area contributed by atoms with Crippen LogP contribution in [0.15, 0.2) is 0 Å². The van der Waals surface area contributed by atoms with Gasteiger partial charge < -0.3 is 9.84 Å². The van der Waals surface area contributed by atoms with Crippen molar-refractivity contribution in [3.8, 4) is 0 Å². The predicted molar refractivity (Wildman–Crippen MR) is 35.6 cm³/mol. The highest BCUT2D eigenvalue weighted by molar-refractivity contribution is 4.92. The molecule has 0 spiro atoms. The molecule has 0 amide bonds. The van der Waals surface area contributed by atoms with E-state index in [1.54, 1.807) is 0 Å². The van der Waals surface area contributed by atoms with Crippen LogP contribution in [-0.4, -0.2) is 30.3 Å². The van der Waals surface area contributed by atoms with Crippen molar-refractivity contribution >= 4 is 0 Å². The van der Waals surface area contributed by atoms with Crippen LogP contribution in [0.2, 0.25) is 0 Å². The molecule has 0 aromatic rings. The molecule has 1 aliphatic carbocycles. The van der Waals surface area contributed by atoms with Gasteiger partial charge in [0.1, 0.15) is 6.61 Å². The molecule has 1 N–H and O–H groups in total. The Morgan fingerprint density at radius 1 is 1.45 bits per heavy atom. The van der Waals surface area contributed by atoms with Gasteiger partial charge in [-0.1, -0.05) is 0 Å². The lowest BCUT2D eigenvalue weighted by Gasteiger charge is -2.06. The summed E-state index contributed by atoms with van der Waals surface area (Å²) in [7, 11) is 0. The van der Waals surface area contributed by atoms with Crippen LogP contribution < -0.4 is 0 Å². The molecule has 0 bridgehead atoms. The van der Waals surface area contributed by atoms with Crippen molar-refractivity contribution in [3.63, 3.8) is 0 Å². The number of aliphatic hydroxyl groups is 1. The van der Waals surface area contributed by atoms with E-state index in [-0.39, 0.29) is 6.61 Å². The van der Waals surface area contributed by atoms with E-state index >= 15 is 0 Å². The quantitative estimate of drug-likeness (QED) is 0.621. The monoisotopic (exact) mass is 166 g/mol. The van der Waals surface area contributed by atoms with E-state index in [4.69, 9.17) is 0 Å². The summed E-state index contributed by atoms with van der Waals surface area (Å²) >= 11 is 0. The minimum absolute atomic E-state index is 0.237. The molecule has 4 heteroatoms. The maximum atomic E-state index is 11.5. The van der Waals surface area contributed by atoms with Gasteiger partial charge in [-0.05, 0) is 19.3 Å². The van der Waals surface area contributed by atoms with Gasteiger partial charge in [0.25, 0.3) is 6.43 Å². The van der Waals surface area contributed by atoms with Crippen LogP contribution in [0.3, 0.4) is 0 Å². The number of rotatable bonds is 5. The van der Waals surface area contributed by atoms with E-state index in [9.17, 15) is 13.9 Å². The van der Waals surface area contributed by atoms with E-state index in [1.807, 2.05) is 0 Å². The predicted octanol–water partition coefficient (Wildman–Crippen LogP) is 1.18. The minimum atomic E-state index is -2.40. The van der Waals surface area contributed by atoms with Crippen LogP contribution >= 0.6 is 0 Å². The molecule has 1 fully saturated rings. The smallest absolute Gasteiger partial charge is 0.261 e. The first kappa shape index (κ1) is 8.87. The Morgan fingerprint density at radius 2 is 2.09 bits per heavy atom. The second-order valence-electron chi connectivity index (χ2n) is 2.94. The summed E-state index contributed by atoms with van der Waals surface area (Å²) in [6.45, 7) is -0.281. The minimum Gasteiger partial charge on any atom is -0.390 e. The Hall–Kier alpha value is -0.220. The summed E-state index contributed by atoms with van der Waals surface area (Å²) in [6, 6.07) is 0. The van der Waals surface area contributed by atoms with Crippen molar-refractivity contribution in [3.05, 3.63) is 0 Å². The molecule has 0 unspecified atom stereocenters. The third-order valence-corrected chi connectivity index (χ3v) is 1.78. The molecule has 11 heavy (non-hydrogen) atoms. The fourth-order valence-electron chi connectivity index (χ4n) is 0.829. The largest absolute Gasteiger partial charge is 0.390 e. The molecular weight excluding hydrogens is 154 g/mol. The topological polar surface area (TPSA) is 29.5 Å². The number of alkyl halides is 2. The third kappa shape index (κ3) is 3.62.